The summed E-state index contributed by atoms with van der Waals surface area (Å²) in [7, 11) is 0. The van der Waals surface area contributed by atoms with Crippen LogP contribution in [0.5, 0.6) is 0 Å². The first kappa shape index (κ1) is 10.8. The maximum Gasteiger partial charge on any atom is 0.0959 e. The minimum absolute atomic E-state index is 0.311. The van der Waals surface area contributed by atoms with Gasteiger partial charge < -0.3 is 0 Å². The molecule has 0 spiro atoms. The molecule has 12 heavy (non-hydrogen) atoms. The molecule has 0 bridgehead atoms. The van der Waals surface area contributed by atoms with E-state index >= 15 is 0 Å². The van der Waals surface area contributed by atoms with Gasteiger partial charge in [0, 0.05) is 6.21 Å². The van der Waals surface area contributed by atoms with Gasteiger partial charge in [0.05, 0.1) is 11.2 Å². The van der Waals surface area contributed by atoms with Gasteiger partial charge in [-0.25, -0.2) is 0 Å². The van der Waals surface area contributed by atoms with E-state index in [1.165, 1.54) is 0 Å². The summed E-state index contributed by atoms with van der Waals surface area (Å²) in [5.41, 5.74) is 0.425. The van der Waals surface area contributed by atoms with Crippen molar-refractivity contribution in [1.82, 2.24) is 0 Å². The Morgan fingerprint density at radius 1 is 1.42 bits per heavy atom. The van der Waals surface area contributed by atoms with Gasteiger partial charge in [-0.15, -0.1) is 0 Å². The average Bonchev–Trinajstić information content (AvgIpc) is 2.00. The van der Waals surface area contributed by atoms with Crippen LogP contribution in [0.15, 0.2) is 34.9 Å². The SMILES string of the molecule is C=CC=NC(=C)C(C)(C)N=CC. The average molecular weight is 164 g/mol. The van der Waals surface area contributed by atoms with Gasteiger partial charge in [-0.05, 0) is 27.0 Å². The predicted molar refractivity (Wildman–Crippen MR) is 56.1 cm³/mol. The van der Waals surface area contributed by atoms with Crippen LogP contribution in [-0.2, 0) is 0 Å². The molecule has 0 aliphatic rings. The summed E-state index contributed by atoms with van der Waals surface area (Å²) < 4.78 is 0. The topological polar surface area (TPSA) is 24.7 Å². The Morgan fingerprint density at radius 3 is 2.42 bits per heavy atom. The second-order valence-electron chi connectivity index (χ2n) is 2.91. The number of nitrogens with zero attached hydrogens (tertiary/aromatic N) is 2. The Morgan fingerprint density at radius 2 is 2.00 bits per heavy atom. The zero-order chi connectivity index (χ0) is 9.61. The fourth-order valence-corrected chi connectivity index (χ4v) is 0.698. The predicted octanol–water partition coefficient (Wildman–Crippen LogP) is 2.63. The first-order valence-corrected chi connectivity index (χ1v) is 3.89. The van der Waals surface area contributed by atoms with Crippen LogP contribution in [0, 0.1) is 0 Å². The van der Waals surface area contributed by atoms with E-state index in [1.807, 2.05) is 20.8 Å². The van der Waals surface area contributed by atoms with E-state index in [0.717, 1.165) is 5.70 Å². The lowest BCUT2D eigenvalue weighted by molar-refractivity contribution is 0.614. The molecule has 0 N–H and O–H groups in total. The molecule has 0 aliphatic carbocycles. The number of hydrogen-bond acceptors (Lipinski definition) is 2. The highest BCUT2D eigenvalue weighted by atomic mass is 14.9. The van der Waals surface area contributed by atoms with Crippen LogP contribution < -0.4 is 0 Å². The minimum Gasteiger partial charge on any atom is -0.285 e. The van der Waals surface area contributed by atoms with E-state index < -0.39 is 0 Å². The monoisotopic (exact) mass is 164 g/mol. The van der Waals surface area contributed by atoms with Gasteiger partial charge in [0.1, 0.15) is 0 Å². The van der Waals surface area contributed by atoms with E-state index in [-0.39, 0.29) is 5.54 Å². The van der Waals surface area contributed by atoms with Crippen molar-refractivity contribution in [1.29, 1.82) is 0 Å². The van der Waals surface area contributed by atoms with Crippen molar-refractivity contribution in [3.05, 3.63) is 24.9 Å². The Hall–Kier alpha value is -1.18. The van der Waals surface area contributed by atoms with E-state index in [9.17, 15) is 0 Å². The molecular formula is C10H16N2. The first-order chi connectivity index (χ1) is 5.54. The third-order valence-electron chi connectivity index (χ3n) is 1.49. The van der Waals surface area contributed by atoms with Crippen molar-refractivity contribution in [3.8, 4) is 0 Å². The summed E-state index contributed by atoms with van der Waals surface area (Å²) in [6.07, 6.45) is 5.00. The molecule has 2 heteroatoms. The molecule has 0 fully saturated rings. The quantitative estimate of drug-likeness (QED) is 0.571. The summed E-state index contributed by atoms with van der Waals surface area (Å²) in [6, 6.07) is 0. The zero-order valence-electron chi connectivity index (χ0n) is 8.04. The van der Waals surface area contributed by atoms with Crippen molar-refractivity contribution < 1.29 is 0 Å². The number of aliphatic imine (C=N–C) groups is 2. The lowest BCUT2D eigenvalue weighted by atomic mass is 10.0. The normalized spacial score (nSPS) is 12.6. The summed E-state index contributed by atoms with van der Waals surface area (Å²) in [5.74, 6) is 0. The Balaban J connectivity index is 4.45. The summed E-state index contributed by atoms with van der Waals surface area (Å²) in [6.45, 7) is 13.2. The lowest BCUT2D eigenvalue weighted by Crippen LogP contribution is -2.18. The van der Waals surface area contributed by atoms with Crippen LogP contribution in [0.25, 0.3) is 0 Å². The zero-order valence-corrected chi connectivity index (χ0v) is 8.04. The van der Waals surface area contributed by atoms with Crippen LogP contribution >= 0.6 is 0 Å². The molecule has 66 valence electrons. The largest absolute Gasteiger partial charge is 0.285 e. The Bertz CT molecular complexity index is 222. The molecule has 0 rings (SSSR count). The second kappa shape index (κ2) is 4.65. The van der Waals surface area contributed by atoms with Crippen molar-refractivity contribution in [3.63, 3.8) is 0 Å². The fraction of sp³-hybridized carbons (Fsp3) is 0.400. The summed E-state index contributed by atoms with van der Waals surface area (Å²) in [4.78, 5) is 8.32. The highest BCUT2D eigenvalue weighted by Crippen LogP contribution is 2.19. The third kappa shape index (κ3) is 3.28. The van der Waals surface area contributed by atoms with Crippen molar-refractivity contribution in [2.45, 2.75) is 26.3 Å². The van der Waals surface area contributed by atoms with Gasteiger partial charge in [0.15, 0.2) is 0 Å². The van der Waals surface area contributed by atoms with Crippen LogP contribution in [-0.4, -0.2) is 18.0 Å². The Labute approximate surface area is 74.4 Å². The molecule has 0 aliphatic heterocycles. The summed E-state index contributed by atoms with van der Waals surface area (Å²) in [5, 5.41) is 0. The molecule has 0 saturated heterocycles. The maximum atomic E-state index is 4.24. The molecule has 0 aromatic rings. The Kier molecular flexibility index (Phi) is 4.19. The van der Waals surface area contributed by atoms with Crippen LogP contribution in [0.3, 0.4) is 0 Å². The fourth-order valence-electron chi connectivity index (χ4n) is 0.698. The molecule has 0 heterocycles. The lowest BCUT2D eigenvalue weighted by Gasteiger charge is -2.18. The highest BCUT2D eigenvalue weighted by Gasteiger charge is 2.17. The van der Waals surface area contributed by atoms with E-state index in [2.05, 4.69) is 23.1 Å². The number of rotatable bonds is 4. The van der Waals surface area contributed by atoms with Gasteiger partial charge >= 0.3 is 0 Å². The molecular weight excluding hydrogens is 148 g/mol. The van der Waals surface area contributed by atoms with Crippen LogP contribution in [0.4, 0.5) is 0 Å². The van der Waals surface area contributed by atoms with Crippen LogP contribution in [0.2, 0.25) is 0 Å². The standard InChI is InChI=1S/C10H16N2/c1-6-8-11-9(3)10(4,5)12-7-2/h6-8H,1,3H2,2,4-5H3. The highest BCUT2D eigenvalue weighted by molar-refractivity contribution is 5.71. The van der Waals surface area contributed by atoms with Gasteiger partial charge in [-0.3, -0.25) is 9.98 Å². The molecule has 0 aromatic heterocycles. The van der Waals surface area contributed by atoms with Crippen molar-refractivity contribution in [2.75, 3.05) is 0 Å². The molecule has 0 aromatic carbocycles. The molecule has 0 radical (unpaired) electrons. The summed E-state index contributed by atoms with van der Waals surface area (Å²) >= 11 is 0. The van der Waals surface area contributed by atoms with Gasteiger partial charge in [-0.2, -0.15) is 0 Å². The molecule has 0 amide bonds. The smallest absolute Gasteiger partial charge is 0.0959 e. The van der Waals surface area contributed by atoms with E-state index in [0.29, 0.717) is 0 Å². The van der Waals surface area contributed by atoms with Gasteiger partial charge in [0.2, 0.25) is 0 Å². The number of allylic oxidation sites excluding steroid dienone is 1. The second-order valence-corrected chi connectivity index (χ2v) is 2.91. The minimum atomic E-state index is -0.311. The van der Waals surface area contributed by atoms with Crippen molar-refractivity contribution >= 4 is 12.4 Å². The van der Waals surface area contributed by atoms with Gasteiger partial charge in [0.25, 0.3) is 0 Å². The van der Waals surface area contributed by atoms with Crippen LogP contribution in [0.1, 0.15) is 20.8 Å². The van der Waals surface area contributed by atoms with Crippen molar-refractivity contribution in [2.24, 2.45) is 9.98 Å². The maximum absolute atomic E-state index is 4.24. The molecule has 0 atom stereocenters. The third-order valence-corrected chi connectivity index (χ3v) is 1.49. The molecule has 0 saturated carbocycles. The van der Waals surface area contributed by atoms with Gasteiger partial charge in [-0.1, -0.05) is 19.2 Å². The van der Waals surface area contributed by atoms with E-state index in [1.54, 1.807) is 18.5 Å². The molecule has 0 unspecified atom stereocenters. The molecule has 2 nitrogen and oxygen atoms in total. The first-order valence-electron chi connectivity index (χ1n) is 3.89. The van der Waals surface area contributed by atoms with E-state index in [4.69, 9.17) is 0 Å². The number of hydrogen-bond donors (Lipinski definition) is 0.